The third-order valence-electron chi connectivity index (χ3n) is 4.05. The molecule has 0 spiro atoms. The Morgan fingerprint density at radius 1 is 1.10 bits per heavy atom. The van der Waals surface area contributed by atoms with Crippen LogP contribution in [-0.4, -0.2) is 22.2 Å². The van der Waals surface area contributed by atoms with Crippen LogP contribution in [0.1, 0.15) is 32.1 Å². The number of hydrogen-bond donors (Lipinski definition) is 2. The van der Waals surface area contributed by atoms with Gasteiger partial charge >= 0.3 is 0 Å². The molecular weight excluding hydrogens is 316 g/mol. The summed E-state index contributed by atoms with van der Waals surface area (Å²) in [6, 6.07) is 8.23. The van der Waals surface area contributed by atoms with Crippen molar-refractivity contribution in [2.45, 2.75) is 44.2 Å². The number of nitrogens with one attached hydrogen (secondary N) is 1. The molecule has 4 heteroatoms. The second-order valence-corrected chi connectivity index (χ2v) is 6.31. The van der Waals surface area contributed by atoms with Gasteiger partial charge in [-0.2, -0.15) is 0 Å². The Bertz CT molecular complexity index is 602. The van der Waals surface area contributed by atoms with Crippen LogP contribution in [0.4, 0.5) is 5.82 Å². The minimum absolute atomic E-state index is 0.106. The number of aliphatic hydroxyl groups excluding tert-OH is 1. The fourth-order valence-electron chi connectivity index (χ4n) is 2.92. The van der Waals surface area contributed by atoms with Crippen molar-refractivity contribution in [2.24, 2.45) is 0 Å². The van der Waals surface area contributed by atoms with Gasteiger partial charge in [0.1, 0.15) is 5.82 Å². The lowest BCUT2D eigenvalue weighted by Gasteiger charge is -2.23. The molecule has 0 amide bonds. The second-order valence-electron chi connectivity index (χ2n) is 5.45. The van der Waals surface area contributed by atoms with Crippen LogP contribution in [0.5, 0.6) is 0 Å². The van der Waals surface area contributed by atoms with E-state index in [0.717, 1.165) is 40.3 Å². The summed E-state index contributed by atoms with van der Waals surface area (Å²) in [5.74, 6) is 0.870. The van der Waals surface area contributed by atoms with Crippen LogP contribution in [-0.2, 0) is 0 Å². The third kappa shape index (κ3) is 2.81. The minimum Gasteiger partial charge on any atom is -0.391 e. The van der Waals surface area contributed by atoms with Gasteiger partial charge in [0.05, 0.1) is 12.1 Å². The second kappa shape index (κ2) is 6.10. The quantitative estimate of drug-likeness (QED) is 0.812. The maximum absolute atomic E-state index is 10.2. The number of rotatable bonds is 2. The summed E-state index contributed by atoms with van der Waals surface area (Å²) in [6.45, 7) is 0. The van der Waals surface area contributed by atoms with E-state index >= 15 is 0 Å². The molecule has 1 fully saturated rings. The van der Waals surface area contributed by atoms with E-state index in [2.05, 4.69) is 32.3 Å². The Morgan fingerprint density at radius 2 is 1.95 bits per heavy atom. The summed E-state index contributed by atoms with van der Waals surface area (Å²) in [6.07, 6.45) is 6.93. The van der Waals surface area contributed by atoms with Crippen molar-refractivity contribution in [3.8, 4) is 0 Å². The Hall–Kier alpha value is -1.13. The zero-order chi connectivity index (χ0) is 13.9. The van der Waals surface area contributed by atoms with Crippen molar-refractivity contribution in [1.29, 1.82) is 0 Å². The van der Waals surface area contributed by atoms with E-state index in [1.165, 1.54) is 12.8 Å². The van der Waals surface area contributed by atoms with Gasteiger partial charge in [0.15, 0.2) is 0 Å². The van der Waals surface area contributed by atoms with Gasteiger partial charge in [0.25, 0.3) is 0 Å². The summed E-state index contributed by atoms with van der Waals surface area (Å²) in [7, 11) is 0. The average molecular weight is 335 g/mol. The minimum atomic E-state index is -0.276. The lowest BCUT2D eigenvalue weighted by molar-refractivity contribution is 0.144. The Balaban J connectivity index is 1.92. The molecule has 106 valence electrons. The van der Waals surface area contributed by atoms with Crippen LogP contribution in [0.15, 0.2) is 34.9 Å². The molecule has 2 aromatic rings. The monoisotopic (exact) mass is 334 g/mol. The molecular formula is C16H19BrN2O. The highest BCUT2D eigenvalue weighted by molar-refractivity contribution is 9.10. The summed E-state index contributed by atoms with van der Waals surface area (Å²) < 4.78 is 1.07. The van der Waals surface area contributed by atoms with Gasteiger partial charge in [-0.25, -0.2) is 4.98 Å². The Morgan fingerprint density at radius 3 is 2.85 bits per heavy atom. The molecule has 1 aliphatic carbocycles. The highest BCUT2D eigenvalue weighted by Gasteiger charge is 2.22. The predicted molar refractivity (Wildman–Crippen MR) is 85.9 cm³/mol. The van der Waals surface area contributed by atoms with Gasteiger partial charge in [-0.3, -0.25) is 0 Å². The molecule has 0 saturated heterocycles. The van der Waals surface area contributed by atoms with Crippen LogP contribution in [0.3, 0.4) is 0 Å². The molecule has 0 bridgehead atoms. The van der Waals surface area contributed by atoms with Crippen molar-refractivity contribution in [2.75, 3.05) is 5.32 Å². The summed E-state index contributed by atoms with van der Waals surface area (Å²) in [5.41, 5.74) is 0. The molecule has 2 unspecified atom stereocenters. The van der Waals surface area contributed by atoms with Gasteiger partial charge in [-0.15, -0.1) is 0 Å². The highest BCUT2D eigenvalue weighted by Crippen LogP contribution is 2.29. The van der Waals surface area contributed by atoms with E-state index in [1.54, 1.807) is 0 Å². The van der Waals surface area contributed by atoms with Crippen molar-refractivity contribution < 1.29 is 5.11 Å². The Kier molecular flexibility index (Phi) is 4.22. The molecule has 3 rings (SSSR count). The zero-order valence-corrected chi connectivity index (χ0v) is 12.9. The van der Waals surface area contributed by atoms with Crippen molar-refractivity contribution >= 4 is 32.5 Å². The van der Waals surface area contributed by atoms with Gasteiger partial charge in [0, 0.05) is 21.4 Å². The molecule has 1 aromatic heterocycles. The van der Waals surface area contributed by atoms with E-state index in [1.807, 2.05) is 24.4 Å². The number of benzene rings is 1. The van der Waals surface area contributed by atoms with Crippen LogP contribution in [0, 0.1) is 0 Å². The third-order valence-corrected chi connectivity index (χ3v) is 4.75. The number of nitrogens with zero attached hydrogens (tertiary/aromatic N) is 1. The lowest BCUT2D eigenvalue weighted by atomic mass is 10.1. The van der Waals surface area contributed by atoms with E-state index in [-0.39, 0.29) is 12.1 Å². The first kappa shape index (κ1) is 13.8. The molecule has 0 radical (unpaired) electrons. The number of anilines is 1. The van der Waals surface area contributed by atoms with Crippen LogP contribution < -0.4 is 5.32 Å². The normalized spacial score (nSPS) is 23.5. The maximum atomic E-state index is 10.2. The van der Waals surface area contributed by atoms with Gasteiger partial charge < -0.3 is 10.4 Å². The van der Waals surface area contributed by atoms with Crippen molar-refractivity contribution in [3.05, 3.63) is 34.9 Å². The molecule has 1 aromatic carbocycles. The largest absolute Gasteiger partial charge is 0.391 e. The first-order valence-electron chi connectivity index (χ1n) is 7.23. The lowest BCUT2D eigenvalue weighted by Crippen LogP contribution is -2.32. The zero-order valence-electron chi connectivity index (χ0n) is 11.3. The number of fused-ring (bicyclic) bond motifs is 1. The summed E-state index contributed by atoms with van der Waals surface area (Å²) in [5, 5.41) is 15.9. The number of pyridine rings is 1. The molecule has 1 aliphatic rings. The van der Waals surface area contributed by atoms with E-state index < -0.39 is 0 Å². The first-order valence-corrected chi connectivity index (χ1v) is 8.03. The van der Waals surface area contributed by atoms with Gasteiger partial charge in [0.2, 0.25) is 0 Å². The fourth-order valence-corrected chi connectivity index (χ4v) is 3.41. The van der Waals surface area contributed by atoms with Crippen LogP contribution in [0.2, 0.25) is 0 Å². The van der Waals surface area contributed by atoms with Crippen LogP contribution in [0.25, 0.3) is 10.8 Å². The standard InChI is InChI=1S/C16H19BrN2O/c17-13-6-4-5-12-11(13)9-10-18-16(12)19-14-7-2-1-3-8-15(14)20/h4-6,9-10,14-15,20H,1-3,7-8H2,(H,18,19). The average Bonchev–Trinajstić information content (AvgIpc) is 2.65. The van der Waals surface area contributed by atoms with E-state index in [9.17, 15) is 5.11 Å². The van der Waals surface area contributed by atoms with Crippen molar-refractivity contribution in [3.63, 3.8) is 0 Å². The molecule has 1 heterocycles. The van der Waals surface area contributed by atoms with Crippen LogP contribution >= 0.6 is 15.9 Å². The number of aromatic nitrogens is 1. The first-order chi connectivity index (χ1) is 9.75. The molecule has 1 saturated carbocycles. The predicted octanol–water partition coefficient (Wildman–Crippen LogP) is 4.10. The molecule has 2 N–H and O–H groups in total. The topological polar surface area (TPSA) is 45.1 Å². The fraction of sp³-hybridized carbons (Fsp3) is 0.438. The number of halogens is 1. The summed E-state index contributed by atoms with van der Waals surface area (Å²) in [4.78, 5) is 4.46. The molecule has 20 heavy (non-hydrogen) atoms. The molecule has 2 atom stereocenters. The Labute approximate surface area is 127 Å². The molecule has 0 aliphatic heterocycles. The van der Waals surface area contributed by atoms with Gasteiger partial charge in [-0.1, -0.05) is 47.3 Å². The van der Waals surface area contributed by atoms with E-state index in [4.69, 9.17) is 0 Å². The van der Waals surface area contributed by atoms with E-state index in [0.29, 0.717) is 0 Å². The maximum Gasteiger partial charge on any atom is 0.134 e. The highest BCUT2D eigenvalue weighted by atomic mass is 79.9. The van der Waals surface area contributed by atoms with Gasteiger partial charge in [-0.05, 0) is 25.0 Å². The summed E-state index contributed by atoms with van der Waals surface area (Å²) >= 11 is 3.58. The number of aliphatic hydroxyl groups is 1. The molecule has 3 nitrogen and oxygen atoms in total. The SMILES string of the molecule is OC1CCCCCC1Nc1nccc2c(Br)cccc12. The van der Waals surface area contributed by atoms with Crippen molar-refractivity contribution in [1.82, 2.24) is 4.98 Å². The smallest absolute Gasteiger partial charge is 0.134 e. The number of hydrogen-bond acceptors (Lipinski definition) is 3.